The summed E-state index contributed by atoms with van der Waals surface area (Å²) in [6, 6.07) is 9.64. The predicted molar refractivity (Wildman–Crippen MR) is 96.0 cm³/mol. The van der Waals surface area contributed by atoms with Crippen molar-refractivity contribution < 1.29 is 14.0 Å². The van der Waals surface area contributed by atoms with Crippen molar-refractivity contribution in [3.8, 4) is 11.6 Å². The minimum atomic E-state index is -0.458. The average molecular weight is 375 g/mol. The zero-order valence-electron chi connectivity index (χ0n) is 14.2. The lowest BCUT2D eigenvalue weighted by atomic mass is 10.3. The first-order valence-electron chi connectivity index (χ1n) is 7.76. The van der Waals surface area contributed by atoms with Crippen LogP contribution < -0.4 is 4.74 Å². The number of hydrogen-bond acceptors (Lipinski definition) is 5. The van der Waals surface area contributed by atoms with Crippen molar-refractivity contribution in [1.29, 1.82) is 0 Å². The Morgan fingerprint density at radius 3 is 2.81 bits per heavy atom. The van der Waals surface area contributed by atoms with E-state index in [4.69, 9.17) is 21.2 Å². The quantitative estimate of drug-likeness (QED) is 0.367. The van der Waals surface area contributed by atoms with E-state index in [1.54, 1.807) is 50.5 Å². The topological polar surface area (TPSA) is 61.5 Å². The van der Waals surface area contributed by atoms with Gasteiger partial charge in [-0.1, -0.05) is 35.0 Å². The van der Waals surface area contributed by atoms with Gasteiger partial charge >= 0.3 is 0 Å². The summed E-state index contributed by atoms with van der Waals surface area (Å²) in [7, 11) is 1.71. The van der Waals surface area contributed by atoms with Crippen LogP contribution in [0.1, 0.15) is 16.8 Å². The van der Waals surface area contributed by atoms with Crippen molar-refractivity contribution in [1.82, 2.24) is 14.8 Å². The van der Waals surface area contributed by atoms with Gasteiger partial charge in [-0.05, 0) is 25.1 Å². The van der Waals surface area contributed by atoms with E-state index in [0.29, 0.717) is 22.3 Å². The first-order chi connectivity index (χ1) is 12.5. The Balaban J connectivity index is 1.73. The van der Waals surface area contributed by atoms with Gasteiger partial charge in [-0.25, -0.2) is 14.1 Å². The summed E-state index contributed by atoms with van der Waals surface area (Å²) in [6.07, 6.45) is 3.10. The van der Waals surface area contributed by atoms with Gasteiger partial charge in [0.1, 0.15) is 11.8 Å². The van der Waals surface area contributed by atoms with Crippen LogP contribution in [0.3, 0.4) is 0 Å². The largest absolute Gasteiger partial charge is 0.436 e. The molecule has 0 aliphatic heterocycles. The zero-order valence-corrected chi connectivity index (χ0v) is 14.9. The summed E-state index contributed by atoms with van der Waals surface area (Å²) in [6.45, 7) is 2.04. The van der Waals surface area contributed by atoms with Crippen molar-refractivity contribution in [3.05, 3.63) is 70.4 Å². The number of rotatable bonds is 6. The number of aryl methyl sites for hydroxylation is 2. The van der Waals surface area contributed by atoms with E-state index in [2.05, 4.69) is 15.2 Å². The molecule has 0 fully saturated rings. The summed E-state index contributed by atoms with van der Waals surface area (Å²) < 4.78 is 21.0. The van der Waals surface area contributed by atoms with Crippen molar-refractivity contribution in [2.24, 2.45) is 12.2 Å². The summed E-state index contributed by atoms with van der Waals surface area (Å²) in [5.41, 5.74) is 2.11. The molecule has 8 heteroatoms. The molecule has 0 amide bonds. The molecule has 0 bridgehead atoms. The van der Waals surface area contributed by atoms with E-state index in [-0.39, 0.29) is 12.4 Å². The van der Waals surface area contributed by atoms with E-state index < -0.39 is 5.82 Å². The van der Waals surface area contributed by atoms with Gasteiger partial charge in [0.25, 0.3) is 0 Å². The molecule has 1 aromatic carbocycles. The molecule has 0 saturated heterocycles. The zero-order chi connectivity index (χ0) is 18.5. The Kier molecular flexibility index (Phi) is 5.48. The molecule has 0 saturated carbocycles. The second-order valence-electron chi connectivity index (χ2n) is 5.46. The standard InChI is InChI=1S/C18H16ClFN4O2/c1-12-14(10-22-25-11-13-7-8-17(19)21-9-13)18(24(2)23-12)26-16-6-4-3-5-15(16)20/h3-10H,11H2,1-2H3/b22-10-. The van der Waals surface area contributed by atoms with E-state index in [9.17, 15) is 4.39 Å². The van der Waals surface area contributed by atoms with E-state index in [1.807, 2.05) is 0 Å². The average Bonchev–Trinajstić information content (AvgIpc) is 2.89. The lowest BCUT2D eigenvalue weighted by Gasteiger charge is -2.07. The summed E-state index contributed by atoms with van der Waals surface area (Å²) in [4.78, 5) is 9.24. The first-order valence-corrected chi connectivity index (χ1v) is 8.14. The second kappa shape index (κ2) is 7.97. The summed E-state index contributed by atoms with van der Waals surface area (Å²) in [5, 5.41) is 8.64. The molecule has 3 rings (SSSR count). The monoisotopic (exact) mass is 374 g/mol. The minimum Gasteiger partial charge on any atom is -0.436 e. The molecule has 0 atom stereocenters. The number of benzene rings is 1. The van der Waals surface area contributed by atoms with E-state index in [1.165, 1.54) is 17.0 Å². The van der Waals surface area contributed by atoms with Gasteiger partial charge in [0, 0.05) is 18.8 Å². The van der Waals surface area contributed by atoms with Gasteiger partial charge in [0.15, 0.2) is 11.6 Å². The normalized spacial score (nSPS) is 11.1. The Bertz CT molecular complexity index is 925. The van der Waals surface area contributed by atoms with Crippen LogP contribution in [0.15, 0.2) is 47.8 Å². The van der Waals surface area contributed by atoms with E-state index in [0.717, 1.165) is 5.56 Å². The number of pyridine rings is 1. The Morgan fingerprint density at radius 1 is 1.27 bits per heavy atom. The molecule has 3 aromatic rings. The van der Waals surface area contributed by atoms with Gasteiger partial charge < -0.3 is 9.57 Å². The van der Waals surface area contributed by atoms with Gasteiger partial charge in [0.2, 0.25) is 5.88 Å². The van der Waals surface area contributed by atoms with Gasteiger partial charge in [-0.15, -0.1) is 0 Å². The number of para-hydroxylation sites is 1. The highest BCUT2D eigenvalue weighted by atomic mass is 35.5. The fraction of sp³-hybridized carbons (Fsp3) is 0.167. The molecule has 6 nitrogen and oxygen atoms in total. The van der Waals surface area contributed by atoms with Crippen LogP contribution in [0, 0.1) is 12.7 Å². The minimum absolute atomic E-state index is 0.110. The Hall–Kier alpha value is -2.93. The van der Waals surface area contributed by atoms with Crippen LogP contribution in [-0.4, -0.2) is 21.0 Å². The molecular weight excluding hydrogens is 359 g/mol. The molecule has 0 N–H and O–H groups in total. The molecular formula is C18H16ClFN4O2. The molecule has 2 heterocycles. The van der Waals surface area contributed by atoms with Crippen molar-refractivity contribution in [2.75, 3.05) is 0 Å². The van der Waals surface area contributed by atoms with Gasteiger partial charge in [-0.2, -0.15) is 5.10 Å². The number of hydrogen-bond donors (Lipinski definition) is 0. The fourth-order valence-corrected chi connectivity index (χ4v) is 2.36. The highest BCUT2D eigenvalue weighted by Gasteiger charge is 2.15. The predicted octanol–water partition coefficient (Wildman–Crippen LogP) is 4.26. The fourth-order valence-electron chi connectivity index (χ4n) is 2.25. The maximum absolute atomic E-state index is 13.8. The second-order valence-corrected chi connectivity index (χ2v) is 5.84. The Morgan fingerprint density at radius 2 is 2.08 bits per heavy atom. The maximum Gasteiger partial charge on any atom is 0.226 e. The SMILES string of the molecule is Cc1nn(C)c(Oc2ccccc2F)c1/C=N\OCc1ccc(Cl)nc1. The molecule has 0 radical (unpaired) electrons. The first kappa shape index (κ1) is 17.9. The van der Waals surface area contributed by atoms with Crippen molar-refractivity contribution in [2.45, 2.75) is 13.5 Å². The van der Waals surface area contributed by atoms with Crippen LogP contribution >= 0.6 is 11.6 Å². The van der Waals surface area contributed by atoms with Gasteiger partial charge in [0.05, 0.1) is 17.5 Å². The number of ether oxygens (including phenoxy) is 1. The van der Waals surface area contributed by atoms with Crippen LogP contribution in [0.5, 0.6) is 11.6 Å². The van der Waals surface area contributed by atoms with Crippen LogP contribution in [-0.2, 0) is 18.5 Å². The van der Waals surface area contributed by atoms with Crippen molar-refractivity contribution >= 4 is 17.8 Å². The molecule has 134 valence electrons. The van der Waals surface area contributed by atoms with Crippen molar-refractivity contribution in [3.63, 3.8) is 0 Å². The van der Waals surface area contributed by atoms with Crippen LogP contribution in [0.25, 0.3) is 0 Å². The number of aromatic nitrogens is 3. The van der Waals surface area contributed by atoms with Crippen LogP contribution in [0.4, 0.5) is 4.39 Å². The maximum atomic E-state index is 13.8. The number of halogens is 2. The summed E-state index contributed by atoms with van der Waals surface area (Å²) >= 11 is 5.74. The lowest BCUT2D eigenvalue weighted by Crippen LogP contribution is -1.98. The molecule has 0 unspecified atom stereocenters. The van der Waals surface area contributed by atoms with Gasteiger partial charge in [-0.3, -0.25) is 0 Å². The Labute approximate surface area is 154 Å². The third kappa shape index (κ3) is 4.18. The molecule has 26 heavy (non-hydrogen) atoms. The molecule has 0 aliphatic carbocycles. The van der Waals surface area contributed by atoms with E-state index >= 15 is 0 Å². The third-order valence-corrected chi connectivity index (χ3v) is 3.76. The van der Waals surface area contributed by atoms with Crippen LogP contribution in [0.2, 0.25) is 5.15 Å². The highest BCUT2D eigenvalue weighted by Crippen LogP contribution is 2.27. The summed E-state index contributed by atoms with van der Waals surface area (Å²) in [5.74, 6) is 0.0205. The molecule has 0 aliphatic rings. The highest BCUT2D eigenvalue weighted by molar-refractivity contribution is 6.29. The lowest BCUT2D eigenvalue weighted by molar-refractivity contribution is 0.132. The number of oxime groups is 1. The smallest absolute Gasteiger partial charge is 0.226 e. The number of nitrogens with zero attached hydrogens (tertiary/aromatic N) is 4. The molecule has 2 aromatic heterocycles. The molecule has 0 spiro atoms. The third-order valence-electron chi connectivity index (χ3n) is 3.53.